The highest BCUT2D eigenvalue weighted by molar-refractivity contribution is 5.80. The number of nitrogens with one attached hydrogen (secondary N) is 1. The van der Waals surface area contributed by atoms with Crippen molar-refractivity contribution in [3.05, 3.63) is 52.1 Å². The normalized spacial score (nSPS) is 20.9. The number of rotatable bonds is 5. The Kier molecular flexibility index (Phi) is 4.47. The zero-order valence-electron chi connectivity index (χ0n) is 10.9. The minimum absolute atomic E-state index is 0.0225. The number of para-hydroxylation sites is 1. The van der Waals surface area contributed by atoms with Gasteiger partial charge in [-0.25, -0.2) is 0 Å². The highest BCUT2D eigenvalue weighted by atomic mass is 16.6. The minimum Gasteiger partial charge on any atom is -0.396 e. The number of benzene rings is 1. The third-order valence-electron chi connectivity index (χ3n) is 3.29. The Labute approximate surface area is 116 Å². The van der Waals surface area contributed by atoms with Gasteiger partial charge in [0.05, 0.1) is 11.3 Å². The van der Waals surface area contributed by atoms with Gasteiger partial charge in [0.25, 0.3) is 5.69 Å². The number of hydrogen-bond donors (Lipinski definition) is 2. The molecule has 2 N–H and O–H groups in total. The van der Waals surface area contributed by atoms with E-state index in [-0.39, 0.29) is 36.6 Å². The van der Waals surface area contributed by atoms with Crippen LogP contribution in [0.1, 0.15) is 12.0 Å². The van der Waals surface area contributed by atoms with Crippen molar-refractivity contribution in [1.29, 1.82) is 0 Å². The summed E-state index contributed by atoms with van der Waals surface area (Å²) in [6, 6.07) is 6.11. The average molecular weight is 276 g/mol. The lowest BCUT2D eigenvalue weighted by Gasteiger charge is -2.12. The number of carbonyl (C=O) groups is 1. The molecule has 6 nitrogen and oxygen atoms in total. The molecule has 20 heavy (non-hydrogen) atoms. The predicted molar refractivity (Wildman–Crippen MR) is 73.1 cm³/mol. The number of hydrogen-bond acceptors (Lipinski definition) is 4. The van der Waals surface area contributed by atoms with Crippen LogP contribution in [0.15, 0.2) is 36.4 Å². The molecule has 0 saturated heterocycles. The molecule has 0 heterocycles. The first kappa shape index (κ1) is 14.2. The molecule has 0 bridgehead atoms. The second-order valence-electron chi connectivity index (χ2n) is 4.80. The molecule has 2 rings (SSSR count). The third kappa shape index (κ3) is 3.42. The second kappa shape index (κ2) is 6.29. The van der Waals surface area contributed by atoms with Crippen molar-refractivity contribution < 1.29 is 14.8 Å². The van der Waals surface area contributed by atoms with E-state index in [2.05, 4.69) is 5.32 Å². The molecule has 1 aromatic carbocycles. The van der Waals surface area contributed by atoms with E-state index >= 15 is 0 Å². The standard InChI is InChI=1S/C14H16N2O4/c17-9-10-5-6-12(7-10)15-14(18)8-11-3-1-2-4-13(11)16(19)20/h1-6,10,12,17H,7-9H2,(H,15,18)/t10-,12+/m0/s1. The molecule has 1 aliphatic rings. The molecule has 0 aromatic heterocycles. The lowest BCUT2D eigenvalue weighted by atomic mass is 10.1. The lowest BCUT2D eigenvalue weighted by Crippen LogP contribution is -2.34. The van der Waals surface area contributed by atoms with Crippen molar-refractivity contribution in [3.63, 3.8) is 0 Å². The Morgan fingerprint density at radius 1 is 1.40 bits per heavy atom. The first-order valence-corrected chi connectivity index (χ1v) is 6.41. The van der Waals surface area contributed by atoms with Crippen LogP contribution in [-0.2, 0) is 11.2 Å². The van der Waals surface area contributed by atoms with E-state index in [4.69, 9.17) is 5.11 Å². The van der Waals surface area contributed by atoms with Crippen molar-refractivity contribution in [2.45, 2.75) is 18.9 Å². The fraction of sp³-hybridized carbons (Fsp3) is 0.357. The van der Waals surface area contributed by atoms with Gasteiger partial charge in [-0.05, 0) is 6.42 Å². The number of nitro benzene ring substituents is 1. The highest BCUT2D eigenvalue weighted by Gasteiger charge is 2.21. The van der Waals surface area contributed by atoms with Gasteiger partial charge in [-0.2, -0.15) is 0 Å². The number of aliphatic hydroxyl groups is 1. The van der Waals surface area contributed by atoms with Gasteiger partial charge in [0.1, 0.15) is 0 Å². The summed E-state index contributed by atoms with van der Waals surface area (Å²) in [5, 5.41) is 22.7. The number of aliphatic hydroxyl groups excluding tert-OH is 1. The van der Waals surface area contributed by atoms with E-state index < -0.39 is 4.92 Å². The molecule has 1 amide bonds. The Hall–Kier alpha value is -2.21. The fourth-order valence-corrected chi connectivity index (χ4v) is 2.29. The molecule has 106 valence electrons. The monoisotopic (exact) mass is 276 g/mol. The van der Waals surface area contributed by atoms with Gasteiger partial charge in [-0.15, -0.1) is 0 Å². The van der Waals surface area contributed by atoms with Gasteiger partial charge in [0.2, 0.25) is 5.91 Å². The molecule has 2 atom stereocenters. The summed E-state index contributed by atoms with van der Waals surface area (Å²) in [5.74, 6) is -0.182. The zero-order chi connectivity index (χ0) is 14.5. The minimum atomic E-state index is -0.486. The van der Waals surface area contributed by atoms with Gasteiger partial charge in [-0.3, -0.25) is 14.9 Å². The van der Waals surface area contributed by atoms with E-state index in [1.54, 1.807) is 18.2 Å². The summed E-state index contributed by atoms with van der Waals surface area (Å²) in [4.78, 5) is 22.3. The van der Waals surface area contributed by atoms with Crippen molar-refractivity contribution in [2.24, 2.45) is 5.92 Å². The summed E-state index contributed by atoms with van der Waals surface area (Å²) in [5.41, 5.74) is 0.355. The first-order chi connectivity index (χ1) is 9.60. The quantitative estimate of drug-likeness (QED) is 0.480. The lowest BCUT2D eigenvalue weighted by molar-refractivity contribution is -0.385. The topological polar surface area (TPSA) is 92.5 Å². The Morgan fingerprint density at radius 2 is 2.15 bits per heavy atom. The van der Waals surface area contributed by atoms with Crippen LogP contribution in [0.4, 0.5) is 5.69 Å². The smallest absolute Gasteiger partial charge is 0.273 e. The molecule has 0 spiro atoms. The van der Waals surface area contributed by atoms with Crippen LogP contribution in [0.25, 0.3) is 0 Å². The van der Waals surface area contributed by atoms with Gasteiger partial charge in [0, 0.05) is 30.2 Å². The number of carbonyl (C=O) groups excluding carboxylic acids is 1. The number of amides is 1. The summed E-state index contributed by atoms with van der Waals surface area (Å²) in [6.45, 7) is 0.0625. The van der Waals surface area contributed by atoms with Crippen molar-refractivity contribution in [3.8, 4) is 0 Å². The maximum Gasteiger partial charge on any atom is 0.273 e. The maximum atomic E-state index is 11.9. The molecule has 0 unspecified atom stereocenters. The molecule has 6 heteroatoms. The van der Waals surface area contributed by atoms with E-state index in [9.17, 15) is 14.9 Å². The largest absolute Gasteiger partial charge is 0.396 e. The zero-order valence-corrected chi connectivity index (χ0v) is 10.9. The fourth-order valence-electron chi connectivity index (χ4n) is 2.29. The van der Waals surface area contributed by atoms with Crippen LogP contribution in [0.5, 0.6) is 0 Å². The summed E-state index contributed by atoms with van der Waals surface area (Å²) >= 11 is 0. The third-order valence-corrected chi connectivity index (χ3v) is 3.29. The van der Waals surface area contributed by atoms with Crippen LogP contribution in [0.3, 0.4) is 0 Å². The number of nitro groups is 1. The van der Waals surface area contributed by atoms with Gasteiger partial charge < -0.3 is 10.4 Å². The molecular formula is C14H16N2O4. The van der Waals surface area contributed by atoms with Crippen molar-refractivity contribution in [1.82, 2.24) is 5.32 Å². The Balaban J connectivity index is 1.96. The van der Waals surface area contributed by atoms with E-state index in [1.165, 1.54) is 6.07 Å². The molecule has 0 fully saturated rings. The molecule has 1 aliphatic carbocycles. The van der Waals surface area contributed by atoms with Crippen LogP contribution < -0.4 is 5.32 Å². The molecule has 1 aromatic rings. The van der Waals surface area contributed by atoms with E-state index in [0.29, 0.717) is 12.0 Å². The van der Waals surface area contributed by atoms with Crippen molar-refractivity contribution >= 4 is 11.6 Å². The van der Waals surface area contributed by atoms with Gasteiger partial charge in [0.15, 0.2) is 0 Å². The molecule has 0 saturated carbocycles. The predicted octanol–water partition coefficient (Wildman–Crippen LogP) is 1.19. The van der Waals surface area contributed by atoms with Gasteiger partial charge in [-0.1, -0.05) is 30.4 Å². The molecule has 0 aliphatic heterocycles. The van der Waals surface area contributed by atoms with E-state index in [0.717, 1.165) is 0 Å². The second-order valence-corrected chi connectivity index (χ2v) is 4.80. The van der Waals surface area contributed by atoms with Crippen LogP contribution >= 0.6 is 0 Å². The Morgan fingerprint density at radius 3 is 2.80 bits per heavy atom. The van der Waals surface area contributed by atoms with E-state index in [1.807, 2.05) is 12.2 Å². The van der Waals surface area contributed by atoms with Crippen LogP contribution in [-0.4, -0.2) is 28.6 Å². The SMILES string of the molecule is O=C(Cc1ccccc1[N+](=O)[O-])N[C@@H]1C=C[C@H](CO)C1. The highest BCUT2D eigenvalue weighted by Crippen LogP contribution is 2.19. The van der Waals surface area contributed by atoms with Crippen LogP contribution in [0.2, 0.25) is 0 Å². The summed E-state index contributed by atoms with van der Waals surface area (Å²) < 4.78 is 0. The Bertz CT molecular complexity index is 542. The number of nitrogens with zero attached hydrogens (tertiary/aromatic N) is 1. The molecule has 0 radical (unpaired) electrons. The molecular weight excluding hydrogens is 260 g/mol. The average Bonchev–Trinajstić information content (AvgIpc) is 2.86. The maximum absolute atomic E-state index is 11.9. The first-order valence-electron chi connectivity index (χ1n) is 6.41. The van der Waals surface area contributed by atoms with Crippen molar-refractivity contribution in [2.75, 3.05) is 6.61 Å². The van der Waals surface area contributed by atoms with Gasteiger partial charge >= 0.3 is 0 Å². The summed E-state index contributed by atoms with van der Waals surface area (Å²) in [6.07, 6.45) is 4.36. The van der Waals surface area contributed by atoms with Crippen LogP contribution in [0, 0.1) is 16.0 Å². The summed E-state index contributed by atoms with van der Waals surface area (Å²) in [7, 11) is 0.